The highest BCUT2D eigenvalue weighted by atomic mass is 16.5. The van der Waals surface area contributed by atoms with Crippen molar-refractivity contribution >= 4 is 11.8 Å². The first-order valence-electron chi connectivity index (χ1n) is 3.75. The maximum absolute atomic E-state index is 10.7. The van der Waals surface area contributed by atoms with Gasteiger partial charge in [0.25, 0.3) is 0 Å². The summed E-state index contributed by atoms with van der Waals surface area (Å²) in [6, 6.07) is 1.67. The fourth-order valence-corrected chi connectivity index (χ4v) is 0.579. The molecule has 0 fully saturated rings. The van der Waals surface area contributed by atoms with Crippen LogP contribution in [0.25, 0.3) is 0 Å². The summed E-state index contributed by atoms with van der Waals surface area (Å²) in [6.45, 7) is 2.20. The van der Waals surface area contributed by atoms with Crippen molar-refractivity contribution in [2.75, 3.05) is 6.61 Å². The van der Waals surface area contributed by atoms with Crippen LogP contribution in [0.5, 0.6) is 0 Å². The molecule has 4 heteroatoms. The highest BCUT2D eigenvalue weighted by Crippen LogP contribution is 1.93. The fraction of sp³-hybridized carbons (Fsp3) is 0.625. The Labute approximate surface area is 71.1 Å². The zero-order valence-corrected chi connectivity index (χ0v) is 7.00. The summed E-state index contributed by atoms with van der Waals surface area (Å²) < 4.78 is 4.64. The fourth-order valence-electron chi connectivity index (χ4n) is 0.579. The van der Waals surface area contributed by atoms with Gasteiger partial charge >= 0.3 is 5.97 Å². The standard InChI is InChI=1S/C8H11NO3/c1-2-5-12-8(11)6-7(10)3-4-9/h2-3,5-6H2,1H3. The predicted molar refractivity (Wildman–Crippen MR) is 41.1 cm³/mol. The van der Waals surface area contributed by atoms with Gasteiger partial charge in [-0.1, -0.05) is 6.92 Å². The van der Waals surface area contributed by atoms with E-state index in [4.69, 9.17) is 5.26 Å². The lowest BCUT2D eigenvalue weighted by Crippen LogP contribution is -2.11. The molecule has 12 heavy (non-hydrogen) atoms. The second-order valence-electron chi connectivity index (χ2n) is 2.27. The van der Waals surface area contributed by atoms with Crippen LogP contribution in [0.2, 0.25) is 0 Å². The van der Waals surface area contributed by atoms with Gasteiger partial charge in [-0.05, 0) is 6.42 Å². The van der Waals surface area contributed by atoms with Crippen LogP contribution in [-0.2, 0) is 14.3 Å². The van der Waals surface area contributed by atoms with Gasteiger partial charge in [0.05, 0.1) is 19.1 Å². The van der Waals surface area contributed by atoms with Gasteiger partial charge in [0.15, 0.2) is 5.78 Å². The highest BCUT2D eigenvalue weighted by Gasteiger charge is 2.09. The largest absolute Gasteiger partial charge is 0.465 e. The Hall–Kier alpha value is -1.37. The summed E-state index contributed by atoms with van der Waals surface area (Å²) in [7, 11) is 0. The molecule has 0 N–H and O–H groups in total. The minimum Gasteiger partial charge on any atom is -0.465 e. The average Bonchev–Trinajstić information content (AvgIpc) is 2.01. The third-order valence-corrected chi connectivity index (χ3v) is 1.08. The maximum Gasteiger partial charge on any atom is 0.313 e. The van der Waals surface area contributed by atoms with E-state index in [0.717, 1.165) is 6.42 Å². The molecule has 0 saturated carbocycles. The number of rotatable bonds is 5. The lowest BCUT2D eigenvalue weighted by molar-refractivity contribution is -0.145. The Balaban J connectivity index is 3.56. The van der Waals surface area contributed by atoms with E-state index in [1.807, 2.05) is 6.92 Å². The summed E-state index contributed by atoms with van der Waals surface area (Å²) in [5.74, 6) is -0.935. The molecule has 0 aromatic rings. The number of Topliss-reactive ketones (excluding diaryl/α,β-unsaturated/α-hetero) is 1. The molecule has 0 heterocycles. The van der Waals surface area contributed by atoms with E-state index in [2.05, 4.69) is 4.74 Å². The zero-order valence-electron chi connectivity index (χ0n) is 7.00. The number of esters is 1. The second kappa shape index (κ2) is 6.35. The summed E-state index contributed by atoms with van der Waals surface area (Å²) in [4.78, 5) is 21.4. The number of carbonyl (C=O) groups excluding carboxylic acids is 2. The van der Waals surface area contributed by atoms with E-state index in [-0.39, 0.29) is 12.8 Å². The molecule has 0 aromatic heterocycles. The molecular weight excluding hydrogens is 158 g/mol. The van der Waals surface area contributed by atoms with Crippen LogP contribution < -0.4 is 0 Å². The summed E-state index contributed by atoms with van der Waals surface area (Å²) in [6.07, 6.45) is 0.229. The Morgan fingerprint density at radius 2 is 2.17 bits per heavy atom. The van der Waals surface area contributed by atoms with Crippen LogP contribution in [0.1, 0.15) is 26.2 Å². The van der Waals surface area contributed by atoms with Gasteiger partial charge in [0, 0.05) is 0 Å². The molecule has 0 radical (unpaired) electrons. The van der Waals surface area contributed by atoms with E-state index >= 15 is 0 Å². The number of nitrogens with zero attached hydrogens (tertiary/aromatic N) is 1. The van der Waals surface area contributed by atoms with Gasteiger partial charge in [0.2, 0.25) is 0 Å². The number of hydrogen-bond acceptors (Lipinski definition) is 4. The third kappa shape index (κ3) is 5.42. The van der Waals surface area contributed by atoms with Crippen molar-refractivity contribution in [3.63, 3.8) is 0 Å². The molecule has 0 atom stereocenters. The minimum absolute atomic E-state index is 0.221. The van der Waals surface area contributed by atoms with Crippen LogP contribution in [0.3, 0.4) is 0 Å². The molecule has 0 amide bonds. The number of ether oxygens (including phenoxy) is 1. The first-order valence-corrected chi connectivity index (χ1v) is 3.75. The Bertz CT molecular complexity index is 205. The van der Waals surface area contributed by atoms with Crippen molar-refractivity contribution in [3.8, 4) is 6.07 Å². The van der Waals surface area contributed by atoms with Crippen LogP contribution >= 0.6 is 0 Å². The van der Waals surface area contributed by atoms with Crippen molar-refractivity contribution in [1.29, 1.82) is 5.26 Å². The quantitative estimate of drug-likeness (QED) is 0.451. The summed E-state index contributed by atoms with van der Waals surface area (Å²) >= 11 is 0. The minimum atomic E-state index is -0.544. The number of nitriles is 1. The molecule has 0 aliphatic heterocycles. The van der Waals surface area contributed by atoms with Crippen molar-refractivity contribution in [2.24, 2.45) is 0 Å². The summed E-state index contributed by atoms with van der Waals surface area (Å²) in [5.41, 5.74) is 0. The molecule has 0 saturated heterocycles. The molecule has 0 spiro atoms. The van der Waals surface area contributed by atoms with Gasteiger partial charge in [-0.3, -0.25) is 9.59 Å². The van der Waals surface area contributed by atoms with E-state index < -0.39 is 11.8 Å². The van der Waals surface area contributed by atoms with Gasteiger partial charge in [-0.2, -0.15) is 5.26 Å². The van der Waals surface area contributed by atoms with Crippen molar-refractivity contribution in [3.05, 3.63) is 0 Å². The van der Waals surface area contributed by atoms with Gasteiger partial charge < -0.3 is 4.74 Å². The normalized spacial score (nSPS) is 8.67. The van der Waals surface area contributed by atoms with Crippen molar-refractivity contribution in [2.45, 2.75) is 26.2 Å². The molecule has 4 nitrogen and oxygen atoms in total. The van der Waals surface area contributed by atoms with E-state index in [9.17, 15) is 9.59 Å². The monoisotopic (exact) mass is 169 g/mol. The molecule has 66 valence electrons. The molecule has 0 aromatic carbocycles. The van der Waals surface area contributed by atoms with Crippen LogP contribution in [0, 0.1) is 11.3 Å². The summed E-state index contributed by atoms with van der Waals surface area (Å²) in [5, 5.41) is 8.10. The Kier molecular flexibility index (Phi) is 5.62. The van der Waals surface area contributed by atoms with Crippen LogP contribution in [0.4, 0.5) is 0 Å². The maximum atomic E-state index is 10.7. The van der Waals surface area contributed by atoms with Crippen molar-refractivity contribution < 1.29 is 14.3 Å². The lowest BCUT2D eigenvalue weighted by atomic mass is 10.2. The molecular formula is C8H11NO3. The van der Waals surface area contributed by atoms with E-state index in [0.29, 0.717) is 6.61 Å². The molecule has 0 aliphatic carbocycles. The van der Waals surface area contributed by atoms with Crippen LogP contribution in [-0.4, -0.2) is 18.4 Å². The number of carbonyl (C=O) groups is 2. The SMILES string of the molecule is CCCOC(=O)CC(=O)CC#N. The number of ketones is 1. The first-order chi connectivity index (χ1) is 5.70. The highest BCUT2D eigenvalue weighted by molar-refractivity contribution is 5.96. The van der Waals surface area contributed by atoms with Crippen LogP contribution in [0.15, 0.2) is 0 Å². The molecule has 0 aliphatic rings. The topological polar surface area (TPSA) is 67.2 Å². The molecule has 0 unspecified atom stereocenters. The predicted octanol–water partition coefficient (Wildman–Crippen LogP) is 0.812. The Morgan fingerprint density at radius 3 is 2.67 bits per heavy atom. The smallest absolute Gasteiger partial charge is 0.313 e. The molecule has 0 rings (SSSR count). The van der Waals surface area contributed by atoms with E-state index in [1.54, 1.807) is 6.07 Å². The van der Waals surface area contributed by atoms with Gasteiger partial charge in [-0.15, -0.1) is 0 Å². The van der Waals surface area contributed by atoms with Gasteiger partial charge in [0.1, 0.15) is 6.42 Å². The number of hydrogen-bond donors (Lipinski definition) is 0. The Morgan fingerprint density at radius 1 is 1.50 bits per heavy atom. The average molecular weight is 169 g/mol. The van der Waals surface area contributed by atoms with Crippen molar-refractivity contribution in [1.82, 2.24) is 0 Å². The second-order valence-corrected chi connectivity index (χ2v) is 2.27. The third-order valence-electron chi connectivity index (χ3n) is 1.08. The lowest BCUT2D eigenvalue weighted by Gasteiger charge is -1.99. The molecule has 0 bridgehead atoms. The van der Waals surface area contributed by atoms with Gasteiger partial charge in [-0.25, -0.2) is 0 Å². The first kappa shape index (κ1) is 10.6. The zero-order chi connectivity index (χ0) is 9.40. The van der Waals surface area contributed by atoms with E-state index in [1.165, 1.54) is 0 Å².